The monoisotopic (exact) mass is 238 g/mol. The fourth-order valence-electron chi connectivity index (χ4n) is 1.83. The summed E-state index contributed by atoms with van der Waals surface area (Å²) in [6, 6.07) is 3.64. The quantitative estimate of drug-likeness (QED) is 0.807. The summed E-state index contributed by atoms with van der Waals surface area (Å²) in [6.07, 6.45) is 1.76. The summed E-state index contributed by atoms with van der Waals surface area (Å²) in [5, 5.41) is 12.2. The highest BCUT2D eigenvalue weighted by Crippen LogP contribution is 2.19. The summed E-state index contributed by atoms with van der Waals surface area (Å²) in [7, 11) is 0. The largest absolute Gasteiger partial charge is 0.368 e. The molecule has 84 valence electrons. The van der Waals surface area contributed by atoms with E-state index in [1.54, 1.807) is 6.07 Å². The average Bonchev–Trinajstić information content (AvgIpc) is 2.73. The highest BCUT2D eigenvalue weighted by molar-refractivity contribution is 6.30. The molecule has 3 heterocycles. The van der Waals surface area contributed by atoms with Gasteiger partial charge in [0, 0.05) is 19.3 Å². The van der Waals surface area contributed by atoms with Crippen molar-refractivity contribution in [2.45, 2.75) is 6.10 Å². The molecule has 1 unspecified atom stereocenters. The molecule has 2 aromatic heterocycles. The van der Waals surface area contributed by atoms with Crippen LogP contribution < -0.4 is 5.32 Å². The van der Waals surface area contributed by atoms with Crippen molar-refractivity contribution in [2.75, 3.05) is 19.7 Å². The first-order valence-electron chi connectivity index (χ1n) is 5.17. The van der Waals surface area contributed by atoms with Gasteiger partial charge in [-0.15, -0.1) is 10.2 Å². The maximum atomic E-state index is 5.95. The number of ether oxygens (including phenoxy) is 1. The zero-order chi connectivity index (χ0) is 11.0. The van der Waals surface area contributed by atoms with Crippen LogP contribution in [0.5, 0.6) is 0 Å². The lowest BCUT2D eigenvalue weighted by molar-refractivity contribution is 0.0215. The van der Waals surface area contributed by atoms with Gasteiger partial charge in [0.1, 0.15) is 6.10 Å². The van der Waals surface area contributed by atoms with E-state index in [1.807, 2.05) is 16.7 Å². The van der Waals surface area contributed by atoms with Crippen molar-refractivity contribution in [1.82, 2.24) is 19.9 Å². The molecule has 1 saturated heterocycles. The molecule has 3 rings (SSSR count). The molecule has 0 bridgehead atoms. The molecule has 2 aromatic rings. The van der Waals surface area contributed by atoms with E-state index >= 15 is 0 Å². The molecular formula is C10H11ClN4O. The minimum absolute atomic E-state index is 0.0535. The second kappa shape index (κ2) is 4.01. The first-order valence-corrected chi connectivity index (χ1v) is 5.55. The Morgan fingerprint density at radius 3 is 3.19 bits per heavy atom. The first kappa shape index (κ1) is 10.0. The molecule has 0 aliphatic carbocycles. The normalized spacial score (nSPS) is 21.4. The summed E-state index contributed by atoms with van der Waals surface area (Å²) in [5.74, 6) is 0.796. The molecule has 1 aliphatic rings. The van der Waals surface area contributed by atoms with Gasteiger partial charge in [-0.2, -0.15) is 0 Å². The van der Waals surface area contributed by atoms with Crippen LogP contribution in [-0.4, -0.2) is 34.3 Å². The molecule has 0 saturated carbocycles. The predicted molar refractivity (Wildman–Crippen MR) is 59.6 cm³/mol. The van der Waals surface area contributed by atoms with E-state index in [9.17, 15) is 0 Å². The van der Waals surface area contributed by atoms with Gasteiger partial charge in [-0.3, -0.25) is 4.40 Å². The van der Waals surface area contributed by atoms with Gasteiger partial charge in [-0.05, 0) is 12.1 Å². The van der Waals surface area contributed by atoms with E-state index < -0.39 is 0 Å². The second-order valence-corrected chi connectivity index (χ2v) is 4.13. The zero-order valence-electron chi connectivity index (χ0n) is 8.56. The molecule has 0 spiro atoms. The van der Waals surface area contributed by atoms with Gasteiger partial charge in [0.2, 0.25) is 0 Å². The Kier molecular flexibility index (Phi) is 2.51. The molecule has 5 nitrogen and oxygen atoms in total. The predicted octanol–water partition coefficient (Wildman–Crippen LogP) is 1.04. The lowest BCUT2D eigenvalue weighted by atomic mass is 10.3. The average molecular weight is 239 g/mol. The summed E-state index contributed by atoms with van der Waals surface area (Å²) in [6.45, 7) is 2.33. The fraction of sp³-hybridized carbons (Fsp3) is 0.400. The zero-order valence-corrected chi connectivity index (χ0v) is 9.31. The van der Waals surface area contributed by atoms with Crippen LogP contribution in [0.3, 0.4) is 0 Å². The van der Waals surface area contributed by atoms with Gasteiger partial charge in [0.25, 0.3) is 0 Å². The van der Waals surface area contributed by atoms with E-state index in [1.165, 1.54) is 0 Å². The third-order valence-electron chi connectivity index (χ3n) is 2.61. The van der Waals surface area contributed by atoms with Crippen molar-refractivity contribution < 1.29 is 4.74 Å². The van der Waals surface area contributed by atoms with Gasteiger partial charge in [0.05, 0.1) is 11.6 Å². The third kappa shape index (κ3) is 1.67. The van der Waals surface area contributed by atoms with E-state index in [0.717, 1.165) is 24.6 Å². The molecule has 16 heavy (non-hydrogen) atoms. The van der Waals surface area contributed by atoms with Crippen molar-refractivity contribution in [1.29, 1.82) is 0 Å². The molecule has 1 aliphatic heterocycles. The van der Waals surface area contributed by atoms with Gasteiger partial charge in [-0.25, -0.2) is 0 Å². The Hall–Kier alpha value is -1.17. The minimum Gasteiger partial charge on any atom is -0.368 e. The minimum atomic E-state index is -0.0535. The van der Waals surface area contributed by atoms with E-state index in [4.69, 9.17) is 16.3 Å². The maximum absolute atomic E-state index is 5.95. The third-order valence-corrected chi connectivity index (χ3v) is 2.83. The van der Waals surface area contributed by atoms with Gasteiger partial charge in [0.15, 0.2) is 11.5 Å². The Morgan fingerprint density at radius 1 is 1.44 bits per heavy atom. The van der Waals surface area contributed by atoms with Gasteiger partial charge >= 0.3 is 0 Å². The number of nitrogens with one attached hydrogen (secondary N) is 1. The number of morpholine rings is 1. The standard InChI is InChI=1S/C10H11ClN4O/c11-7-1-2-9-13-14-10(15(9)6-7)8-5-12-3-4-16-8/h1-2,6,8,12H,3-5H2. The van der Waals surface area contributed by atoms with Crippen LogP contribution in [0.1, 0.15) is 11.9 Å². The van der Waals surface area contributed by atoms with Crippen molar-refractivity contribution in [3.05, 3.63) is 29.2 Å². The highest BCUT2D eigenvalue weighted by Gasteiger charge is 2.21. The Bertz CT molecular complexity index is 506. The fourth-order valence-corrected chi connectivity index (χ4v) is 1.99. The molecule has 0 amide bonds. The van der Waals surface area contributed by atoms with Crippen LogP contribution in [0.2, 0.25) is 5.02 Å². The van der Waals surface area contributed by atoms with E-state index in [0.29, 0.717) is 11.6 Å². The molecule has 6 heteroatoms. The van der Waals surface area contributed by atoms with Crippen molar-refractivity contribution in [2.24, 2.45) is 0 Å². The summed E-state index contributed by atoms with van der Waals surface area (Å²) in [5.41, 5.74) is 0.786. The topological polar surface area (TPSA) is 51.5 Å². The number of hydrogen-bond acceptors (Lipinski definition) is 4. The summed E-state index contributed by atoms with van der Waals surface area (Å²) >= 11 is 5.95. The number of hydrogen-bond donors (Lipinski definition) is 1. The second-order valence-electron chi connectivity index (χ2n) is 3.70. The highest BCUT2D eigenvalue weighted by atomic mass is 35.5. The first-order chi connectivity index (χ1) is 7.84. The molecule has 0 aromatic carbocycles. The Labute approximate surface area is 97.4 Å². The SMILES string of the molecule is Clc1ccc2nnc(C3CNCCO3)n2c1. The van der Waals surface area contributed by atoms with Crippen LogP contribution in [0.25, 0.3) is 5.65 Å². The number of halogens is 1. The Balaban J connectivity index is 2.05. The molecule has 1 fully saturated rings. The van der Waals surface area contributed by atoms with Crippen molar-refractivity contribution in [3.8, 4) is 0 Å². The summed E-state index contributed by atoms with van der Waals surface area (Å²) < 4.78 is 7.52. The van der Waals surface area contributed by atoms with Crippen molar-refractivity contribution >= 4 is 17.2 Å². The molecule has 0 radical (unpaired) electrons. The van der Waals surface area contributed by atoms with Crippen LogP contribution in [0.4, 0.5) is 0 Å². The number of aromatic nitrogens is 3. The smallest absolute Gasteiger partial charge is 0.167 e. The summed E-state index contributed by atoms with van der Waals surface area (Å²) in [4.78, 5) is 0. The number of nitrogens with zero attached hydrogens (tertiary/aromatic N) is 3. The van der Waals surface area contributed by atoms with Gasteiger partial charge in [-0.1, -0.05) is 11.6 Å². The number of rotatable bonds is 1. The van der Waals surface area contributed by atoms with E-state index in [2.05, 4.69) is 15.5 Å². The lowest BCUT2D eigenvalue weighted by Crippen LogP contribution is -2.34. The Morgan fingerprint density at radius 2 is 2.38 bits per heavy atom. The lowest BCUT2D eigenvalue weighted by Gasteiger charge is -2.22. The van der Waals surface area contributed by atoms with Gasteiger partial charge < -0.3 is 10.1 Å². The number of pyridine rings is 1. The van der Waals surface area contributed by atoms with Crippen LogP contribution >= 0.6 is 11.6 Å². The number of fused-ring (bicyclic) bond motifs is 1. The molecule has 1 atom stereocenters. The van der Waals surface area contributed by atoms with E-state index in [-0.39, 0.29) is 6.10 Å². The van der Waals surface area contributed by atoms with Crippen LogP contribution in [0, 0.1) is 0 Å². The van der Waals surface area contributed by atoms with Crippen molar-refractivity contribution in [3.63, 3.8) is 0 Å². The molecular weight excluding hydrogens is 228 g/mol. The maximum Gasteiger partial charge on any atom is 0.167 e. The van der Waals surface area contributed by atoms with Crippen LogP contribution in [-0.2, 0) is 4.74 Å². The van der Waals surface area contributed by atoms with Crippen LogP contribution in [0.15, 0.2) is 18.3 Å². The molecule has 1 N–H and O–H groups in total.